The van der Waals surface area contributed by atoms with Crippen LogP contribution in [0.5, 0.6) is 0 Å². The number of nitrogens with zero attached hydrogens (tertiary/aromatic N) is 1. The van der Waals surface area contributed by atoms with Crippen molar-refractivity contribution in [3.63, 3.8) is 0 Å². The van der Waals surface area contributed by atoms with Crippen molar-refractivity contribution >= 4 is 11.7 Å². The lowest BCUT2D eigenvalue weighted by atomic mass is 9.98. The third-order valence-electron chi connectivity index (χ3n) is 3.52. The molecule has 126 valence electrons. The largest absolute Gasteiger partial charge is 0.355 e. The van der Waals surface area contributed by atoms with E-state index in [0.29, 0.717) is 11.1 Å². The highest BCUT2D eigenvalue weighted by atomic mass is 16.7. The minimum absolute atomic E-state index is 0.00332. The van der Waals surface area contributed by atoms with E-state index in [-0.39, 0.29) is 18.1 Å². The van der Waals surface area contributed by atoms with Crippen molar-refractivity contribution in [3.05, 3.63) is 66.0 Å². The van der Waals surface area contributed by atoms with E-state index < -0.39 is 12.3 Å². The molecule has 1 heterocycles. The summed E-state index contributed by atoms with van der Waals surface area (Å²) in [6.07, 6.45) is 2.41. The minimum atomic E-state index is -0.794. The van der Waals surface area contributed by atoms with E-state index in [1.807, 2.05) is 18.2 Å². The van der Waals surface area contributed by atoms with Crippen LogP contribution in [0.1, 0.15) is 28.4 Å². The number of aromatic nitrogens is 1. The molecule has 0 saturated heterocycles. The first-order valence-electron chi connectivity index (χ1n) is 7.50. The molecule has 24 heavy (non-hydrogen) atoms. The molecule has 1 N–H and O–H groups in total. The van der Waals surface area contributed by atoms with Crippen molar-refractivity contribution in [2.45, 2.75) is 18.8 Å². The summed E-state index contributed by atoms with van der Waals surface area (Å²) in [5.74, 6) is -0.566. The Labute approximate surface area is 140 Å². The smallest absolute Gasteiger partial charge is 0.225 e. The number of pyridine rings is 1. The van der Waals surface area contributed by atoms with Gasteiger partial charge in [0.1, 0.15) is 6.04 Å². The van der Waals surface area contributed by atoms with Gasteiger partial charge in [0, 0.05) is 32.2 Å². The van der Waals surface area contributed by atoms with Crippen LogP contribution in [0.25, 0.3) is 0 Å². The number of benzene rings is 1. The van der Waals surface area contributed by atoms with Crippen LogP contribution in [0.2, 0.25) is 0 Å². The molecule has 6 nitrogen and oxygen atoms in total. The summed E-state index contributed by atoms with van der Waals surface area (Å²) in [6.45, 7) is 0. The van der Waals surface area contributed by atoms with E-state index in [1.54, 1.807) is 30.5 Å². The highest BCUT2D eigenvalue weighted by molar-refractivity contribution is 6.02. The fourth-order valence-electron chi connectivity index (χ4n) is 2.26. The van der Waals surface area contributed by atoms with Crippen molar-refractivity contribution in [1.29, 1.82) is 0 Å². The van der Waals surface area contributed by atoms with Crippen LogP contribution >= 0.6 is 0 Å². The number of hydrogen-bond donors (Lipinski definition) is 1. The number of nitrogens with one attached hydrogen (secondary N) is 1. The lowest BCUT2D eigenvalue weighted by molar-refractivity contribution is -0.139. The lowest BCUT2D eigenvalue weighted by Gasteiger charge is -2.20. The van der Waals surface area contributed by atoms with Crippen LogP contribution in [0.15, 0.2) is 54.9 Å². The first-order chi connectivity index (χ1) is 11.7. The van der Waals surface area contributed by atoms with E-state index in [0.717, 1.165) is 0 Å². The average molecular weight is 328 g/mol. The number of ether oxygens (including phenoxy) is 2. The summed E-state index contributed by atoms with van der Waals surface area (Å²) in [5, 5.41) is 2.75. The second-order valence-electron chi connectivity index (χ2n) is 5.12. The van der Waals surface area contributed by atoms with E-state index in [4.69, 9.17) is 9.47 Å². The number of carbonyl (C=O) groups is 2. The third-order valence-corrected chi connectivity index (χ3v) is 3.52. The Balaban J connectivity index is 2.21. The Morgan fingerprint density at radius 1 is 1.08 bits per heavy atom. The van der Waals surface area contributed by atoms with Crippen molar-refractivity contribution < 1.29 is 19.1 Å². The van der Waals surface area contributed by atoms with Crippen LogP contribution in [0, 0.1) is 0 Å². The maximum Gasteiger partial charge on any atom is 0.225 e. The first kappa shape index (κ1) is 17.8. The molecule has 1 unspecified atom stereocenters. The quantitative estimate of drug-likeness (QED) is 0.593. The number of methoxy groups -OCH3 is 2. The van der Waals surface area contributed by atoms with Crippen LogP contribution in [-0.2, 0) is 14.3 Å². The normalized spacial score (nSPS) is 12.0. The zero-order valence-electron chi connectivity index (χ0n) is 13.6. The molecule has 1 atom stereocenters. The van der Waals surface area contributed by atoms with Gasteiger partial charge in [-0.05, 0) is 17.7 Å². The van der Waals surface area contributed by atoms with Crippen LogP contribution in [0.3, 0.4) is 0 Å². The molecule has 2 rings (SSSR count). The van der Waals surface area contributed by atoms with Crippen molar-refractivity contribution in [2.75, 3.05) is 14.2 Å². The second-order valence-corrected chi connectivity index (χ2v) is 5.12. The molecule has 0 fully saturated rings. The fraction of sp³-hybridized carbons (Fsp3) is 0.278. The van der Waals surface area contributed by atoms with Crippen molar-refractivity contribution in [2.24, 2.45) is 0 Å². The molecular weight excluding hydrogens is 308 g/mol. The Morgan fingerprint density at radius 3 is 2.38 bits per heavy atom. The number of Topliss-reactive ketones (excluding diaryl/α,β-unsaturated/α-hetero) is 1. The highest BCUT2D eigenvalue weighted by Crippen LogP contribution is 2.18. The second kappa shape index (κ2) is 8.90. The van der Waals surface area contributed by atoms with Crippen LogP contribution in [-0.4, -0.2) is 37.2 Å². The summed E-state index contributed by atoms with van der Waals surface area (Å²) < 4.78 is 10.0. The van der Waals surface area contributed by atoms with E-state index >= 15 is 0 Å². The predicted molar refractivity (Wildman–Crippen MR) is 88.3 cm³/mol. The molecule has 1 aromatic heterocycles. The van der Waals surface area contributed by atoms with Crippen LogP contribution < -0.4 is 5.32 Å². The third kappa shape index (κ3) is 4.71. The van der Waals surface area contributed by atoms with Gasteiger partial charge in [0.2, 0.25) is 5.91 Å². The topological polar surface area (TPSA) is 77.5 Å². The molecule has 0 aliphatic rings. The van der Waals surface area contributed by atoms with Crippen molar-refractivity contribution in [1.82, 2.24) is 10.3 Å². The molecule has 0 bridgehead atoms. The minimum Gasteiger partial charge on any atom is -0.355 e. The van der Waals surface area contributed by atoms with Crippen molar-refractivity contribution in [3.8, 4) is 0 Å². The number of amides is 1. The average Bonchev–Trinajstić information content (AvgIpc) is 2.65. The zero-order chi connectivity index (χ0) is 17.4. The number of hydrogen-bond acceptors (Lipinski definition) is 5. The standard InChI is InChI=1S/C18H20N2O4/c1-23-16(24-2)11-15(21)20-17(13-7-4-3-5-8-13)18(22)14-9-6-10-19-12-14/h3-10,12,16-17H,11H2,1-2H3,(H,20,21). The van der Waals surface area contributed by atoms with Gasteiger partial charge in [-0.25, -0.2) is 0 Å². The molecule has 0 saturated carbocycles. The SMILES string of the molecule is COC(CC(=O)NC(C(=O)c1cccnc1)c1ccccc1)OC. The monoisotopic (exact) mass is 328 g/mol. The van der Waals surface area contributed by atoms with Crippen LogP contribution in [0.4, 0.5) is 0 Å². The molecule has 1 aromatic carbocycles. The van der Waals surface area contributed by atoms with Gasteiger partial charge in [-0.2, -0.15) is 0 Å². The summed E-state index contributed by atoms with van der Waals surface area (Å²) >= 11 is 0. The van der Waals surface area contributed by atoms with Gasteiger partial charge in [-0.15, -0.1) is 0 Å². The van der Waals surface area contributed by atoms with Gasteiger partial charge >= 0.3 is 0 Å². The molecule has 6 heteroatoms. The first-order valence-corrected chi connectivity index (χ1v) is 7.50. The van der Waals surface area contributed by atoms with E-state index in [9.17, 15) is 9.59 Å². The molecule has 2 aromatic rings. The Hall–Kier alpha value is -2.57. The summed E-state index contributed by atoms with van der Waals surface area (Å²) in [5.41, 5.74) is 1.13. The summed E-state index contributed by atoms with van der Waals surface area (Å²) in [6, 6.07) is 11.6. The molecule has 1 amide bonds. The van der Waals surface area contributed by atoms with E-state index in [2.05, 4.69) is 10.3 Å². The molecule has 0 aliphatic carbocycles. The highest BCUT2D eigenvalue weighted by Gasteiger charge is 2.25. The number of carbonyl (C=O) groups excluding carboxylic acids is 2. The maximum atomic E-state index is 12.8. The molecular formula is C18H20N2O4. The molecule has 0 spiro atoms. The Bertz CT molecular complexity index is 657. The Kier molecular flexibility index (Phi) is 6.60. The maximum absolute atomic E-state index is 12.8. The number of rotatable bonds is 8. The Morgan fingerprint density at radius 2 is 1.79 bits per heavy atom. The van der Waals surface area contributed by atoms with Gasteiger partial charge in [0.05, 0.1) is 6.42 Å². The molecule has 0 aliphatic heterocycles. The number of ketones is 1. The predicted octanol–water partition coefficient (Wildman–Crippen LogP) is 2.13. The van der Waals surface area contributed by atoms with Gasteiger partial charge in [0.25, 0.3) is 0 Å². The summed E-state index contributed by atoms with van der Waals surface area (Å²) in [4.78, 5) is 29.0. The van der Waals surface area contributed by atoms with Gasteiger partial charge in [-0.3, -0.25) is 14.6 Å². The lowest BCUT2D eigenvalue weighted by Crippen LogP contribution is -2.36. The molecule has 0 radical (unpaired) electrons. The van der Waals surface area contributed by atoms with E-state index in [1.165, 1.54) is 20.4 Å². The fourth-order valence-corrected chi connectivity index (χ4v) is 2.26. The summed E-state index contributed by atoms with van der Waals surface area (Å²) in [7, 11) is 2.91. The zero-order valence-corrected chi connectivity index (χ0v) is 13.6. The van der Waals surface area contributed by atoms with Gasteiger partial charge in [0.15, 0.2) is 12.1 Å². The van der Waals surface area contributed by atoms with Gasteiger partial charge < -0.3 is 14.8 Å². The van der Waals surface area contributed by atoms with Gasteiger partial charge in [-0.1, -0.05) is 30.3 Å².